The van der Waals surface area contributed by atoms with Gasteiger partial charge in [0, 0.05) is 38.9 Å². The lowest BCUT2D eigenvalue weighted by Gasteiger charge is -2.24. The van der Waals surface area contributed by atoms with Gasteiger partial charge in [-0.3, -0.25) is 14.2 Å². The number of sulfone groups is 1. The van der Waals surface area contributed by atoms with Crippen LogP contribution in [0.2, 0.25) is 5.02 Å². The first kappa shape index (κ1) is 52.6. The van der Waals surface area contributed by atoms with Crippen molar-refractivity contribution in [3.63, 3.8) is 0 Å². The van der Waals surface area contributed by atoms with E-state index in [0.717, 1.165) is 37.4 Å². The molecule has 13 nitrogen and oxygen atoms in total. The second kappa shape index (κ2) is 18.6. The number of aliphatic hydroxyl groups is 1. The van der Waals surface area contributed by atoms with Crippen LogP contribution in [0, 0.1) is 29.4 Å². The number of aromatic nitrogens is 5. The highest BCUT2D eigenvalue weighted by Crippen LogP contribution is 2.58. The largest absolute Gasteiger partial charge is 0.435 e. The van der Waals surface area contributed by atoms with Crippen LogP contribution in [0.1, 0.15) is 64.6 Å². The number of carbonyl (C=O) groups is 1. The van der Waals surface area contributed by atoms with Crippen molar-refractivity contribution < 1.29 is 70.6 Å². The molecule has 3 atom stereocenters. The number of amides is 1. The minimum absolute atomic E-state index is 0.185. The van der Waals surface area contributed by atoms with Gasteiger partial charge in [-0.1, -0.05) is 53.1 Å². The van der Waals surface area contributed by atoms with Crippen LogP contribution in [0.3, 0.4) is 0 Å². The average Bonchev–Trinajstić information content (AvgIpc) is 3.81. The average molecular weight is 1140 g/mol. The van der Waals surface area contributed by atoms with Gasteiger partial charge in [0.1, 0.15) is 40.9 Å². The highest BCUT2D eigenvalue weighted by atomic mass is 127. The molecule has 2 N–H and O–H groups in total. The number of hydrogen-bond acceptors (Lipinski definition) is 9. The molecule has 27 heteroatoms. The van der Waals surface area contributed by atoms with E-state index in [1.807, 2.05) is 0 Å². The molecular formula is C41H37ClF10IN7O6S2. The number of rotatable bonds is 13. The number of alkyl halides is 9. The van der Waals surface area contributed by atoms with E-state index >= 15 is 8.78 Å². The van der Waals surface area contributed by atoms with Gasteiger partial charge in [0.2, 0.25) is 15.9 Å². The van der Waals surface area contributed by atoms with Crippen molar-refractivity contribution in [2.75, 3.05) is 30.0 Å². The van der Waals surface area contributed by atoms with E-state index in [9.17, 15) is 61.9 Å². The molecule has 68 heavy (non-hydrogen) atoms. The number of aliphatic hydroxyl groups excluding tert-OH is 1. The van der Waals surface area contributed by atoms with Gasteiger partial charge in [-0.2, -0.15) is 45.3 Å². The van der Waals surface area contributed by atoms with Gasteiger partial charge in [-0.15, -0.1) is 0 Å². The summed E-state index contributed by atoms with van der Waals surface area (Å²) in [4.78, 5) is 18.7. The number of carbonyl (C=O) groups excluding carboxylic acids is 1. The Morgan fingerprint density at radius 1 is 0.985 bits per heavy atom. The van der Waals surface area contributed by atoms with E-state index < -0.39 is 148 Å². The van der Waals surface area contributed by atoms with Crippen molar-refractivity contribution in [2.24, 2.45) is 5.92 Å². The molecule has 0 saturated heterocycles. The van der Waals surface area contributed by atoms with Crippen LogP contribution >= 0.6 is 34.2 Å². The zero-order chi connectivity index (χ0) is 50.9. The van der Waals surface area contributed by atoms with Crippen molar-refractivity contribution in [2.45, 2.75) is 73.3 Å². The van der Waals surface area contributed by atoms with E-state index in [2.05, 4.69) is 32.3 Å². The van der Waals surface area contributed by atoms with Gasteiger partial charge in [-0.05, 0) is 62.1 Å². The number of pyridine rings is 1. The summed E-state index contributed by atoms with van der Waals surface area (Å²) in [5.74, 6) is -4.72. The topological polar surface area (TPSA) is 169 Å². The molecule has 3 heterocycles. The lowest BCUT2D eigenvalue weighted by molar-refractivity contribution is -0.143. The van der Waals surface area contributed by atoms with Gasteiger partial charge < -0.3 is 10.4 Å². The second-order valence-corrected chi connectivity index (χ2v) is 22.5. The molecule has 0 radical (unpaired) electrons. The molecule has 0 aliphatic heterocycles. The third-order valence-electron chi connectivity index (χ3n) is 10.9. The molecule has 1 aliphatic rings. The Morgan fingerprint density at radius 2 is 1.60 bits per heavy atom. The zero-order valence-electron chi connectivity index (χ0n) is 35.8. The summed E-state index contributed by atoms with van der Waals surface area (Å²) in [6, 6.07) is 5.07. The van der Waals surface area contributed by atoms with E-state index in [4.69, 9.17) is 11.6 Å². The van der Waals surface area contributed by atoms with E-state index in [1.54, 1.807) is 0 Å². The summed E-state index contributed by atoms with van der Waals surface area (Å²) in [7, 11) is -8.27. The summed E-state index contributed by atoms with van der Waals surface area (Å²) in [5, 5.41) is 18.8. The molecule has 1 amide bonds. The normalized spacial score (nSPS) is 16.9. The Labute approximate surface area is 400 Å². The smallest absolute Gasteiger partial charge is 0.394 e. The van der Waals surface area contributed by atoms with Crippen molar-refractivity contribution in [1.82, 2.24) is 29.9 Å². The van der Waals surface area contributed by atoms with Crippen molar-refractivity contribution >= 4 is 76.7 Å². The van der Waals surface area contributed by atoms with Crippen LogP contribution in [0.25, 0.3) is 22.0 Å². The quantitative estimate of drug-likeness (QED) is 0.0513. The number of halogens is 12. The summed E-state index contributed by atoms with van der Waals surface area (Å²) in [5.41, 5.74) is -5.63. The molecule has 6 rings (SSSR count). The Bertz CT molecular complexity index is 3100. The highest BCUT2D eigenvalue weighted by molar-refractivity contribution is 14.1. The molecule has 2 aromatic carbocycles. The maximum absolute atomic E-state index is 15.7. The van der Waals surface area contributed by atoms with Crippen LogP contribution in [0.4, 0.5) is 49.7 Å². The Hall–Kier alpha value is -4.72. The number of fused-ring (bicyclic) bond motifs is 2. The molecule has 0 fully saturated rings. The Balaban J connectivity index is 1.65. The number of anilines is 1. The zero-order valence-corrected chi connectivity index (χ0v) is 40.4. The fraction of sp³-hybridized carbons (Fsp3) is 0.415. The lowest BCUT2D eigenvalue weighted by atomic mass is 9.93. The molecule has 368 valence electrons. The molecule has 1 aliphatic carbocycles. The third kappa shape index (κ3) is 10.7. The van der Waals surface area contributed by atoms with E-state index in [1.165, 1.54) is 48.6 Å². The molecule has 0 saturated carbocycles. The number of benzene rings is 2. The number of hydrogen-bond donors (Lipinski definition) is 2. The van der Waals surface area contributed by atoms with Gasteiger partial charge in [0.15, 0.2) is 21.3 Å². The van der Waals surface area contributed by atoms with Crippen LogP contribution in [-0.4, -0.2) is 89.0 Å². The number of sulfonamides is 1. The third-order valence-corrected chi connectivity index (χ3v) is 16.0. The van der Waals surface area contributed by atoms with Gasteiger partial charge >= 0.3 is 12.4 Å². The Kier molecular flexibility index (Phi) is 14.4. The fourth-order valence-electron chi connectivity index (χ4n) is 7.42. The molecule has 5 aromatic rings. The first-order valence-corrected chi connectivity index (χ1v) is 25.1. The van der Waals surface area contributed by atoms with Crippen LogP contribution in [0.5, 0.6) is 0 Å². The van der Waals surface area contributed by atoms with E-state index in [-0.39, 0.29) is 32.1 Å². The molecule has 3 aromatic heterocycles. The second-order valence-electron chi connectivity index (χ2n) is 16.3. The first-order chi connectivity index (χ1) is 31.2. The lowest BCUT2D eigenvalue weighted by Crippen LogP contribution is -2.35. The summed E-state index contributed by atoms with van der Waals surface area (Å²) < 4.78 is 196. The standard InChI is InChI=1S/C41H37ClF10IN7O6S2/c1-20-32(53)31-35(41(50,51)52)56-58(36(31)40(20,48)49)18-29(62)55-28(16-21-14-22(43)17-23(44)15-21)33-25(7-6-24(54-33)10-11-38(2,3)67(4,63)64)26-8-9-27(42)30-34(26)59(19-39(45,46)47)57-37(30)60(12-13-61)68(5,65)66/h6-9,14-15,17,20,28,32,61H,12-13,16,18-19H2,1-5H3,(H,55,62)/t20-,28+,32+/m1/s1. The van der Waals surface area contributed by atoms with Crippen LogP contribution < -0.4 is 9.62 Å². The summed E-state index contributed by atoms with van der Waals surface area (Å²) >= 11 is 8.00. The van der Waals surface area contributed by atoms with Crippen LogP contribution in [0.15, 0.2) is 42.5 Å². The molecular weight excluding hydrogens is 1100 g/mol. The van der Waals surface area contributed by atoms with Crippen molar-refractivity contribution in [3.05, 3.63) is 93.0 Å². The van der Waals surface area contributed by atoms with Gasteiger partial charge in [-0.25, -0.2) is 34.9 Å². The number of nitrogens with one attached hydrogen (secondary N) is 1. The monoisotopic (exact) mass is 1140 g/mol. The maximum Gasteiger partial charge on any atom is 0.435 e. The SMILES string of the molecule is C[C@@H]1[C@H](I)c2c(C(F)(F)F)nn(CC(=O)N[C@@H](Cc3cc(F)cc(F)c3)c3nc(C#CC(C)(C)S(C)(=O)=O)ccc3-c3ccc(Cl)c4c(N(CCO)S(C)(=O)=O)nn(CC(F)(F)F)c34)c2C1(F)F. The van der Waals surface area contributed by atoms with Crippen molar-refractivity contribution in [1.29, 1.82) is 0 Å². The van der Waals surface area contributed by atoms with E-state index in [0.29, 0.717) is 21.3 Å². The van der Waals surface area contributed by atoms with Crippen molar-refractivity contribution in [3.8, 4) is 23.0 Å². The predicted octanol–water partition coefficient (Wildman–Crippen LogP) is 8.06. The minimum atomic E-state index is -5.25. The fourth-order valence-corrected chi connectivity index (χ4v) is 9.79. The van der Waals surface area contributed by atoms with Gasteiger partial charge in [0.25, 0.3) is 5.92 Å². The molecule has 0 unspecified atom stereocenters. The Morgan fingerprint density at radius 3 is 2.16 bits per heavy atom. The molecule has 0 bridgehead atoms. The minimum Gasteiger partial charge on any atom is -0.394 e. The number of nitrogens with zero attached hydrogens (tertiary/aromatic N) is 6. The summed E-state index contributed by atoms with van der Waals surface area (Å²) in [6.45, 7) is -1.19. The predicted molar refractivity (Wildman–Crippen MR) is 237 cm³/mol. The summed E-state index contributed by atoms with van der Waals surface area (Å²) in [6.07, 6.45) is -9.38. The molecule has 0 spiro atoms. The maximum atomic E-state index is 15.7. The highest BCUT2D eigenvalue weighted by Gasteiger charge is 2.58. The van der Waals surface area contributed by atoms with Gasteiger partial charge in [0.05, 0.1) is 47.1 Å². The first-order valence-electron chi connectivity index (χ1n) is 19.7. The van der Waals surface area contributed by atoms with Crippen LogP contribution in [-0.2, 0) is 56.3 Å².